The van der Waals surface area contributed by atoms with Crippen molar-refractivity contribution in [3.8, 4) is 0 Å². The monoisotopic (exact) mass is 316 g/mol. The van der Waals surface area contributed by atoms with Gasteiger partial charge in [-0.3, -0.25) is 4.79 Å². The maximum atomic E-state index is 12.8. The van der Waals surface area contributed by atoms with E-state index in [2.05, 4.69) is 28.9 Å². The lowest BCUT2D eigenvalue weighted by Gasteiger charge is -2.49. The minimum atomic E-state index is 0.00860. The van der Waals surface area contributed by atoms with Gasteiger partial charge in [0.25, 0.3) is 0 Å². The van der Waals surface area contributed by atoms with Crippen molar-refractivity contribution in [2.24, 2.45) is 5.41 Å². The third kappa shape index (κ3) is 3.43. The molecule has 0 saturated carbocycles. The van der Waals surface area contributed by atoms with E-state index in [1.165, 1.54) is 0 Å². The Kier molecular flexibility index (Phi) is 5.02. The molecule has 2 aliphatic rings. The van der Waals surface area contributed by atoms with Crippen LogP contribution < -0.4 is 0 Å². The molecule has 2 aliphatic heterocycles. The minimum Gasteiger partial charge on any atom is -0.395 e. The van der Waals surface area contributed by atoms with E-state index >= 15 is 0 Å². The summed E-state index contributed by atoms with van der Waals surface area (Å²) in [6.07, 6.45) is 3.22. The SMILES string of the molecule is CCN1CC2(CCN(CCO)CC2)CC(c2ccccc2)C1=O. The second-order valence-corrected chi connectivity index (χ2v) is 7.09. The fraction of sp³-hybridized carbons (Fsp3) is 0.632. The van der Waals surface area contributed by atoms with Crippen LogP contribution in [-0.2, 0) is 4.79 Å². The Balaban J connectivity index is 1.79. The second kappa shape index (κ2) is 7.02. The molecule has 1 amide bonds. The number of aliphatic hydroxyl groups excluding tert-OH is 1. The van der Waals surface area contributed by atoms with E-state index in [0.29, 0.717) is 5.91 Å². The Hall–Kier alpha value is -1.39. The Labute approximate surface area is 139 Å². The van der Waals surface area contributed by atoms with Crippen LogP contribution in [0.2, 0.25) is 0 Å². The van der Waals surface area contributed by atoms with Gasteiger partial charge < -0.3 is 14.9 Å². The molecule has 1 atom stereocenters. The molecule has 23 heavy (non-hydrogen) atoms. The van der Waals surface area contributed by atoms with Gasteiger partial charge in [-0.15, -0.1) is 0 Å². The van der Waals surface area contributed by atoms with Gasteiger partial charge in [-0.05, 0) is 50.3 Å². The zero-order valence-corrected chi connectivity index (χ0v) is 14.1. The zero-order valence-electron chi connectivity index (χ0n) is 14.1. The lowest BCUT2D eigenvalue weighted by molar-refractivity contribution is -0.141. The molecule has 1 aromatic rings. The van der Waals surface area contributed by atoms with E-state index in [4.69, 9.17) is 5.11 Å². The van der Waals surface area contributed by atoms with E-state index < -0.39 is 0 Å². The summed E-state index contributed by atoms with van der Waals surface area (Å²) in [4.78, 5) is 17.2. The summed E-state index contributed by atoms with van der Waals surface area (Å²) in [6, 6.07) is 10.3. The van der Waals surface area contributed by atoms with Crippen molar-refractivity contribution in [2.75, 3.05) is 39.3 Å². The first-order chi connectivity index (χ1) is 11.2. The number of likely N-dealkylation sites (tertiary alicyclic amines) is 2. The Bertz CT molecular complexity index is 523. The Morgan fingerprint density at radius 1 is 1.22 bits per heavy atom. The van der Waals surface area contributed by atoms with Crippen LogP contribution in [0.3, 0.4) is 0 Å². The summed E-state index contributed by atoms with van der Waals surface area (Å²) in [5.74, 6) is 0.302. The zero-order chi connectivity index (χ0) is 16.3. The van der Waals surface area contributed by atoms with Gasteiger partial charge in [-0.25, -0.2) is 0 Å². The lowest BCUT2D eigenvalue weighted by atomic mass is 9.67. The average molecular weight is 316 g/mol. The number of aliphatic hydroxyl groups is 1. The van der Waals surface area contributed by atoms with Crippen molar-refractivity contribution in [1.29, 1.82) is 0 Å². The third-order valence-corrected chi connectivity index (χ3v) is 5.69. The first-order valence-corrected chi connectivity index (χ1v) is 8.84. The summed E-state index contributed by atoms with van der Waals surface area (Å²) in [6.45, 7) is 6.86. The summed E-state index contributed by atoms with van der Waals surface area (Å²) in [7, 11) is 0. The van der Waals surface area contributed by atoms with Gasteiger partial charge in [0.15, 0.2) is 0 Å². The van der Waals surface area contributed by atoms with Gasteiger partial charge in [0, 0.05) is 19.6 Å². The maximum absolute atomic E-state index is 12.8. The maximum Gasteiger partial charge on any atom is 0.230 e. The lowest BCUT2D eigenvalue weighted by Crippen LogP contribution is -2.54. The number of amides is 1. The van der Waals surface area contributed by atoms with E-state index in [0.717, 1.165) is 57.5 Å². The number of rotatable bonds is 4. The predicted octanol–water partition coefficient (Wildman–Crippen LogP) is 2.10. The number of piperidine rings is 2. The molecular weight excluding hydrogens is 288 g/mol. The van der Waals surface area contributed by atoms with Crippen LogP contribution >= 0.6 is 0 Å². The van der Waals surface area contributed by atoms with Crippen molar-refractivity contribution in [2.45, 2.75) is 32.1 Å². The fourth-order valence-corrected chi connectivity index (χ4v) is 4.26. The van der Waals surface area contributed by atoms with Crippen molar-refractivity contribution < 1.29 is 9.90 Å². The molecule has 0 aliphatic carbocycles. The molecule has 4 nitrogen and oxygen atoms in total. The van der Waals surface area contributed by atoms with Crippen LogP contribution in [0, 0.1) is 5.41 Å². The van der Waals surface area contributed by atoms with E-state index in [1.54, 1.807) is 0 Å². The van der Waals surface area contributed by atoms with Crippen molar-refractivity contribution in [3.05, 3.63) is 35.9 Å². The highest BCUT2D eigenvalue weighted by atomic mass is 16.3. The smallest absolute Gasteiger partial charge is 0.230 e. The van der Waals surface area contributed by atoms with Crippen molar-refractivity contribution >= 4 is 5.91 Å². The molecule has 0 bridgehead atoms. The van der Waals surface area contributed by atoms with Crippen LogP contribution in [0.25, 0.3) is 0 Å². The Morgan fingerprint density at radius 3 is 2.52 bits per heavy atom. The first-order valence-electron chi connectivity index (χ1n) is 8.84. The summed E-state index contributed by atoms with van der Waals surface area (Å²) in [5, 5.41) is 9.13. The number of hydrogen-bond acceptors (Lipinski definition) is 3. The highest BCUT2D eigenvalue weighted by Gasteiger charge is 2.45. The quantitative estimate of drug-likeness (QED) is 0.925. The number of β-amino-alcohol motifs (C(OH)–C–C–N with tert-alkyl or cyclic N) is 1. The molecule has 0 aromatic heterocycles. The number of hydrogen-bond donors (Lipinski definition) is 1. The largest absolute Gasteiger partial charge is 0.395 e. The minimum absolute atomic E-state index is 0.00860. The third-order valence-electron chi connectivity index (χ3n) is 5.69. The molecule has 1 unspecified atom stereocenters. The molecule has 2 saturated heterocycles. The molecule has 0 radical (unpaired) electrons. The van der Waals surface area contributed by atoms with Gasteiger partial charge in [-0.1, -0.05) is 30.3 Å². The second-order valence-electron chi connectivity index (χ2n) is 7.09. The molecule has 2 heterocycles. The molecule has 126 valence electrons. The van der Waals surface area contributed by atoms with Gasteiger partial charge in [-0.2, -0.15) is 0 Å². The normalized spacial score (nSPS) is 25.0. The van der Waals surface area contributed by atoms with E-state index in [1.807, 2.05) is 18.2 Å². The summed E-state index contributed by atoms with van der Waals surface area (Å²) < 4.78 is 0. The van der Waals surface area contributed by atoms with Crippen LogP contribution in [-0.4, -0.2) is 60.1 Å². The van der Waals surface area contributed by atoms with Gasteiger partial charge in [0.1, 0.15) is 0 Å². The van der Waals surface area contributed by atoms with Crippen LogP contribution in [0.15, 0.2) is 30.3 Å². The van der Waals surface area contributed by atoms with E-state index in [9.17, 15) is 4.79 Å². The Morgan fingerprint density at radius 2 is 1.91 bits per heavy atom. The van der Waals surface area contributed by atoms with Crippen LogP contribution in [0.5, 0.6) is 0 Å². The van der Waals surface area contributed by atoms with Crippen molar-refractivity contribution in [1.82, 2.24) is 9.80 Å². The van der Waals surface area contributed by atoms with E-state index in [-0.39, 0.29) is 17.9 Å². The van der Waals surface area contributed by atoms with Gasteiger partial charge in [0.2, 0.25) is 5.91 Å². The number of benzene rings is 1. The number of carbonyl (C=O) groups excluding carboxylic acids is 1. The molecule has 1 spiro atoms. The summed E-state index contributed by atoms with van der Waals surface area (Å²) in [5.41, 5.74) is 1.41. The van der Waals surface area contributed by atoms with Gasteiger partial charge in [0.05, 0.1) is 12.5 Å². The number of carbonyl (C=O) groups is 1. The highest BCUT2D eigenvalue weighted by molar-refractivity contribution is 5.84. The number of likely N-dealkylation sites (N-methyl/N-ethyl adjacent to an activating group) is 1. The first kappa shape index (κ1) is 16.5. The standard InChI is InChI=1S/C19H28N2O2/c1-2-21-15-19(8-10-20(11-9-19)12-13-22)14-17(18(21)23)16-6-4-3-5-7-16/h3-7,17,22H,2,8-15H2,1H3. The molecule has 1 aromatic carbocycles. The fourth-order valence-electron chi connectivity index (χ4n) is 4.26. The average Bonchev–Trinajstić information content (AvgIpc) is 2.60. The highest BCUT2D eigenvalue weighted by Crippen LogP contribution is 2.45. The molecule has 2 fully saturated rings. The molecule has 4 heteroatoms. The van der Waals surface area contributed by atoms with Crippen LogP contribution in [0.4, 0.5) is 0 Å². The molecule has 3 rings (SSSR count). The molecule has 1 N–H and O–H groups in total. The predicted molar refractivity (Wildman–Crippen MR) is 91.2 cm³/mol. The van der Waals surface area contributed by atoms with Gasteiger partial charge >= 0.3 is 0 Å². The molecular formula is C19H28N2O2. The summed E-state index contributed by atoms with van der Waals surface area (Å²) >= 11 is 0. The van der Waals surface area contributed by atoms with Crippen LogP contribution in [0.1, 0.15) is 37.7 Å². The van der Waals surface area contributed by atoms with Crippen molar-refractivity contribution in [3.63, 3.8) is 0 Å². The number of nitrogens with zero attached hydrogens (tertiary/aromatic N) is 2. The topological polar surface area (TPSA) is 43.8 Å².